The quantitative estimate of drug-likeness (QED) is 0.846. The Kier molecular flexibility index (Phi) is 4.73. The first-order valence-corrected chi connectivity index (χ1v) is 7.94. The van der Waals surface area contributed by atoms with Crippen molar-refractivity contribution in [1.82, 2.24) is 4.31 Å². The molecule has 1 aliphatic rings. The van der Waals surface area contributed by atoms with E-state index in [2.05, 4.69) is 0 Å². The highest BCUT2D eigenvalue weighted by Crippen LogP contribution is 2.15. The Labute approximate surface area is 118 Å². The minimum absolute atomic E-state index is 0.111. The number of rotatable bonds is 4. The minimum Gasteiger partial charge on any atom is -0.374 e. The number of ether oxygens (including phenoxy) is 1. The van der Waals surface area contributed by atoms with Gasteiger partial charge in [0.2, 0.25) is 10.0 Å². The Bertz CT molecular complexity index is 610. The molecule has 1 aromatic rings. The van der Waals surface area contributed by atoms with E-state index in [1.54, 1.807) is 24.3 Å². The molecule has 0 aliphatic carbocycles. The van der Waals surface area contributed by atoms with Crippen LogP contribution in [0, 0.1) is 11.3 Å². The third kappa shape index (κ3) is 3.55. The molecule has 1 heterocycles. The SMILES string of the molecule is N#Cc1cccc(CS(=O)(=O)N2CCOC(CN)C2)c1. The zero-order valence-electron chi connectivity index (χ0n) is 11.0. The normalized spacial score (nSPS) is 20.5. The number of benzene rings is 1. The molecule has 0 saturated carbocycles. The fraction of sp³-hybridized carbons (Fsp3) is 0.462. The van der Waals surface area contributed by atoms with E-state index in [4.69, 9.17) is 15.7 Å². The van der Waals surface area contributed by atoms with Gasteiger partial charge in [0, 0.05) is 19.6 Å². The average Bonchev–Trinajstić information content (AvgIpc) is 2.47. The number of nitrogens with two attached hydrogens (primary N) is 1. The second-order valence-electron chi connectivity index (χ2n) is 4.65. The summed E-state index contributed by atoms with van der Waals surface area (Å²) in [4.78, 5) is 0. The highest BCUT2D eigenvalue weighted by molar-refractivity contribution is 7.88. The van der Waals surface area contributed by atoms with E-state index in [0.717, 1.165) is 0 Å². The van der Waals surface area contributed by atoms with Crippen LogP contribution >= 0.6 is 0 Å². The summed E-state index contributed by atoms with van der Waals surface area (Å²) >= 11 is 0. The number of nitriles is 1. The van der Waals surface area contributed by atoms with Crippen molar-refractivity contribution in [1.29, 1.82) is 5.26 Å². The number of morpholine rings is 1. The summed E-state index contributed by atoms with van der Waals surface area (Å²) in [7, 11) is -3.42. The van der Waals surface area contributed by atoms with Gasteiger partial charge >= 0.3 is 0 Å². The fourth-order valence-electron chi connectivity index (χ4n) is 2.12. The van der Waals surface area contributed by atoms with Crippen molar-refractivity contribution in [2.45, 2.75) is 11.9 Å². The molecular formula is C13H17N3O3S. The monoisotopic (exact) mass is 295 g/mol. The predicted octanol–water partition coefficient (Wildman–Crippen LogP) is 0.0476. The van der Waals surface area contributed by atoms with Gasteiger partial charge in [-0.3, -0.25) is 0 Å². The first kappa shape index (κ1) is 14.9. The maximum atomic E-state index is 12.4. The Morgan fingerprint density at radius 2 is 2.30 bits per heavy atom. The molecule has 1 aromatic carbocycles. The van der Waals surface area contributed by atoms with Gasteiger partial charge in [-0.15, -0.1) is 0 Å². The molecule has 0 radical (unpaired) electrons. The average molecular weight is 295 g/mol. The Morgan fingerprint density at radius 3 is 3.00 bits per heavy atom. The lowest BCUT2D eigenvalue weighted by atomic mass is 10.2. The summed E-state index contributed by atoms with van der Waals surface area (Å²) in [5, 5.41) is 8.84. The minimum atomic E-state index is -3.42. The van der Waals surface area contributed by atoms with E-state index in [1.807, 2.05) is 6.07 Å². The van der Waals surface area contributed by atoms with Gasteiger partial charge in [0.25, 0.3) is 0 Å². The Morgan fingerprint density at radius 1 is 1.50 bits per heavy atom. The van der Waals surface area contributed by atoms with Gasteiger partial charge in [-0.25, -0.2) is 8.42 Å². The van der Waals surface area contributed by atoms with Gasteiger partial charge in [-0.05, 0) is 17.7 Å². The highest BCUT2D eigenvalue weighted by Gasteiger charge is 2.28. The number of hydrogen-bond acceptors (Lipinski definition) is 5. The lowest BCUT2D eigenvalue weighted by molar-refractivity contribution is 0.00446. The van der Waals surface area contributed by atoms with Gasteiger partial charge in [-0.2, -0.15) is 9.57 Å². The molecule has 20 heavy (non-hydrogen) atoms. The van der Waals surface area contributed by atoms with Crippen LogP contribution in [0.4, 0.5) is 0 Å². The smallest absolute Gasteiger partial charge is 0.218 e. The molecule has 1 fully saturated rings. The van der Waals surface area contributed by atoms with E-state index in [9.17, 15) is 8.42 Å². The van der Waals surface area contributed by atoms with E-state index in [-0.39, 0.29) is 18.4 Å². The van der Waals surface area contributed by atoms with Crippen LogP contribution in [-0.4, -0.2) is 45.1 Å². The summed E-state index contributed by atoms with van der Waals surface area (Å²) in [5.74, 6) is -0.111. The van der Waals surface area contributed by atoms with Crippen LogP contribution in [0.5, 0.6) is 0 Å². The molecule has 1 atom stereocenters. The van der Waals surface area contributed by atoms with Crippen molar-refractivity contribution < 1.29 is 13.2 Å². The maximum Gasteiger partial charge on any atom is 0.218 e. The molecule has 2 rings (SSSR count). The first-order valence-electron chi connectivity index (χ1n) is 6.33. The van der Waals surface area contributed by atoms with Gasteiger partial charge < -0.3 is 10.5 Å². The van der Waals surface area contributed by atoms with Crippen LogP contribution in [0.1, 0.15) is 11.1 Å². The molecule has 108 valence electrons. The van der Waals surface area contributed by atoms with Gasteiger partial charge in [0.1, 0.15) is 0 Å². The van der Waals surface area contributed by atoms with E-state index in [0.29, 0.717) is 30.8 Å². The maximum absolute atomic E-state index is 12.4. The Balaban J connectivity index is 2.12. The summed E-state index contributed by atoms with van der Waals surface area (Å²) in [6, 6.07) is 8.64. The molecule has 7 heteroatoms. The molecule has 0 aromatic heterocycles. The summed E-state index contributed by atoms with van der Waals surface area (Å²) < 4.78 is 31.5. The van der Waals surface area contributed by atoms with Crippen molar-refractivity contribution in [3.8, 4) is 6.07 Å². The number of sulfonamides is 1. The zero-order chi connectivity index (χ0) is 14.6. The fourth-order valence-corrected chi connectivity index (χ4v) is 3.65. The standard InChI is InChI=1S/C13H17N3O3S/c14-7-11-2-1-3-12(6-11)10-20(17,18)16-4-5-19-13(8-15)9-16/h1-3,6,13H,4-5,8-10,15H2. The van der Waals surface area contributed by atoms with Crippen molar-refractivity contribution >= 4 is 10.0 Å². The Hall–Kier alpha value is -1.46. The van der Waals surface area contributed by atoms with E-state index in [1.165, 1.54) is 4.31 Å². The van der Waals surface area contributed by atoms with Crippen molar-refractivity contribution in [3.63, 3.8) is 0 Å². The van der Waals surface area contributed by atoms with E-state index >= 15 is 0 Å². The lowest BCUT2D eigenvalue weighted by Crippen LogP contribution is -2.48. The molecule has 6 nitrogen and oxygen atoms in total. The largest absolute Gasteiger partial charge is 0.374 e. The third-order valence-corrected chi connectivity index (χ3v) is 4.98. The van der Waals surface area contributed by atoms with E-state index < -0.39 is 10.0 Å². The predicted molar refractivity (Wildman–Crippen MR) is 74.1 cm³/mol. The third-order valence-electron chi connectivity index (χ3n) is 3.16. The second-order valence-corrected chi connectivity index (χ2v) is 6.62. The molecular weight excluding hydrogens is 278 g/mol. The zero-order valence-corrected chi connectivity index (χ0v) is 11.8. The van der Waals surface area contributed by atoms with Gasteiger partial charge in [-0.1, -0.05) is 12.1 Å². The van der Waals surface area contributed by atoms with Crippen LogP contribution in [0.2, 0.25) is 0 Å². The summed E-state index contributed by atoms with van der Waals surface area (Å²) in [6.45, 7) is 1.29. The lowest BCUT2D eigenvalue weighted by Gasteiger charge is -2.31. The van der Waals surface area contributed by atoms with Crippen LogP contribution < -0.4 is 5.73 Å². The second kappa shape index (κ2) is 6.33. The molecule has 2 N–H and O–H groups in total. The highest BCUT2D eigenvalue weighted by atomic mass is 32.2. The topological polar surface area (TPSA) is 96.4 Å². The number of hydrogen-bond donors (Lipinski definition) is 1. The number of nitrogens with zero attached hydrogens (tertiary/aromatic N) is 2. The molecule has 1 saturated heterocycles. The summed E-state index contributed by atoms with van der Waals surface area (Å²) in [5.41, 5.74) is 6.59. The van der Waals surface area contributed by atoms with Gasteiger partial charge in [0.15, 0.2) is 0 Å². The van der Waals surface area contributed by atoms with Crippen LogP contribution in [0.25, 0.3) is 0 Å². The van der Waals surface area contributed by atoms with Crippen molar-refractivity contribution in [2.24, 2.45) is 5.73 Å². The van der Waals surface area contributed by atoms with Crippen molar-refractivity contribution in [2.75, 3.05) is 26.2 Å². The first-order chi connectivity index (χ1) is 9.55. The van der Waals surface area contributed by atoms with Crippen LogP contribution in [-0.2, 0) is 20.5 Å². The molecule has 0 bridgehead atoms. The molecule has 0 amide bonds. The van der Waals surface area contributed by atoms with Crippen LogP contribution in [0.3, 0.4) is 0 Å². The molecule has 0 spiro atoms. The van der Waals surface area contributed by atoms with Gasteiger partial charge in [0.05, 0.1) is 30.1 Å². The summed E-state index contributed by atoms with van der Waals surface area (Å²) in [6.07, 6.45) is -0.246. The van der Waals surface area contributed by atoms with Crippen LogP contribution in [0.15, 0.2) is 24.3 Å². The van der Waals surface area contributed by atoms with Crippen molar-refractivity contribution in [3.05, 3.63) is 35.4 Å². The molecule has 1 unspecified atom stereocenters. The molecule has 1 aliphatic heterocycles.